The van der Waals surface area contributed by atoms with Crippen LogP contribution in [0.25, 0.3) is 0 Å². The molecule has 0 bridgehead atoms. The lowest BCUT2D eigenvalue weighted by Gasteiger charge is -2.04. The normalized spacial score (nSPS) is 20.9. The Morgan fingerprint density at radius 1 is 1.05 bits per heavy atom. The summed E-state index contributed by atoms with van der Waals surface area (Å²) in [6.45, 7) is 0. The number of nitrogens with one attached hydrogen (secondary N) is 1. The number of anilines is 1. The van der Waals surface area contributed by atoms with Gasteiger partial charge in [-0.05, 0) is 42.2 Å². The molecule has 3 rings (SSSR count). The standard InChI is InChI=1S/C16H14ClNO/c17-12-8-6-11(7-9-12)14-10-15(14)16(19)18-13-4-2-1-3-5-13/h1-9,14-15H,10H2,(H,18,19)/t14-,15?/m0/s1. The van der Waals surface area contributed by atoms with E-state index < -0.39 is 0 Å². The van der Waals surface area contributed by atoms with Crippen molar-refractivity contribution in [2.75, 3.05) is 5.32 Å². The maximum absolute atomic E-state index is 12.1. The highest BCUT2D eigenvalue weighted by Crippen LogP contribution is 2.48. The van der Waals surface area contributed by atoms with Crippen LogP contribution in [0.3, 0.4) is 0 Å². The Hall–Kier alpha value is -1.80. The quantitative estimate of drug-likeness (QED) is 0.895. The van der Waals surface area contributed by atoms with Gasteiger partial charge in [-0.2, -0.15) is 0 Å². The highest BCUT2D eigenvalue weighted by Gasteiger charge is 2.43. The number of rotatable bonds is 3. The van der Waals surface area contributed by atoms with Crippen LogP contribution >= 0.6 is 11.6 Å². The van der Waals surface area contributed by atoms with E-state index in [0.29, 0.717) is 5.92 Å². The Kier molecular flexibility index (Phi) is 3.26. The summed E-state index contributed by atoms with van der Waals surface area (Å²) in [5, 5.41) is 3.68. The molecule has 0 heterocycles. The first-order valence-electron chi connectivity index (χ1n) is 6.35. The number of halogens is 1. The molecule has 96 valence electrons. The second-order valence-electron chi connectivity index (χ2n) is 4.86. The summed E-state index contributed by atoms with van der Waals surface area (Å²) in [5.41, 5.74) is 2.05. The molecule has 0 spiro atoms. The maximum atomic E-state index is 12.1. The lowest BCUT2D eigenvalue weighted by molar-refractivity contribution is -0.117. The van der Waals surface area contributed by atoms with Crippen LogP contribution in [0.5, 0.6) is 0 Å². The van der Waals surface area contributed by atoms with Crippen LogP contribution in [-0.4, -0.2) is 5.91 Å². The zero-order chi connectivity index (χ0) is 13.2. The molecule has 1 amide bonds. The van der Waals surface area contributed by atoms with Crippen molar-refractivity contribution in [1.82, 2.24) is 0 Å². The Morgan fingerprint density at radius 3 is 2.42 bits per heavy atom. The van der Waals surface area contributed by atoms with Crippen molar-refractivity contribution in [3.05, 3.63) is 65.2 Å². The monoisotopic (exact) mass is 271 g/mol. The van der Waals surface area contributed by atoms with Crippen molar-refractivity contribution in [2.24, 2.45) is 5.92 Å². The molecule has 2 atom stereocenters. The Bertz CT molecular complexity index is 579. The molecule has 0 aromatic heterocycles. The molecule has 19 heavy (non-hydrogen) atoms. The first-order valence-corrected chi connectivity index (χ1v) is 6.73. The van der Waals surface area contributed by atoms with Gasteiger partial charge in [0.05, 0.1) is 0 Å². The minimum absolute atomic E-state index is 0.0846. The topological polar surface area (TPSA) is 29.1 Å². The molecular formula is C16H14ClNO. The summed E-state index contributed by atoms with van der Waals surface area (Å²) in [6.07, 6.45) is 0.917. The van der Waals surface area contributed by atoms with Crippen molar-refractivity contribution < 1.29 is 4.79 Å². The second-order valence-corrected chi connectivity index (χ2v) is 5.29. The molecule has 1 aliphatic carbocycles. The third-order valence-electron chi connectivity index (χ3n) is 3.47. The van der Waals surface area contributed by atoms with Gasteiger partial charge in [-0.15, -0.1) is 0 Å². The minimum atomic E-state index is 0.0846. The Labute approximate surface area is 117 Å². The van der Waals surface area contributed by atoms with Gasteiger partial charge in [-0.25, -0.2) is 0 Å². The molecular weight excluding hydrogens is 258 g/mol. The molecule has 0 saturated heterocycles. The number of hydrogen-bond acceptors (Lipinski definition) is 1. The van der Waals surface area contributed by atoms with E-state index in [1.165, 1.54) is 5.56 Å². The zero-order valence-corrected chi connectivity index (χ0v) is 11.1. The number of hydrogen-bond donors (Lipinski definition) is 1. The van der Waals surface area contributed by atoms with E-state index in [2.05, 4.69) is 5.32 Å². The van der Waals surface area contributed by atoms with E-state index in [1.807, 2.05) is 54.6 Å². The molecule has 0 aliphatic heterocycles. The predicted octanol–water partition coefficient (Wildman–Crippen LogP) is 4.08. The van der Waals surface area contributed by atoms with Crippen LogP contribution in [0.2, 0.25) is 5.02 Å². The van der Waals surface area contributed by atoms with Crippen LogP contribution in [0.15, 0.2) is 54.6 Å². The maximum Gasteiger partial charge on any atom is 0.228 e. The van der Waals surface area contributed by atoms with Gasteiger partial charge in [0.2, 0.25) is 5.91 Å². The van der Waals surface area contributed by atoms with Crippen LogP contribution in [0.4, 0.5) is 5.69 Å². The number of carbonyl (C=O) groups excluding carboxylic acids is 1. The number of para-hydroxylation sites is 1. The van der Waals surface area contributed by atoms with Gasteiger partial charge in [0.25, 0.3) is 0 Å². The average molecular weight is 272 g/mol. The Morgan fingerprint density at radius 2 is 1.74 bits per heavy atom. The largest absolute Gasteiger partial charge is 0.326 e. The molecule has 2 nitrogen and oxygen atoms in total. The summed E-state index contributed by atoms with van der Waals surface area (Å²) in [7, 11) is 0. The van der Waals surface area contributed by atoms with E-state index in [4.69, 9.17) is 11.6 Å². The predicted molar refractivity (Wildman–Crippen MR) is 77.4 cm³/mol. The van der Waals surface area contributed by atoms with Crippen LogP contribution < -0.4 is 5.32 Å². The van der Waals surface area contributed by atoms with Crippen LogP contribution in [0.1, 0.15) is 17.9 Å². The minimum Gasteiger partial charge on any atom is -0.326 e. The van der Waals surface area contributed by atoms with E-state index in [-0.39, 0.29) is 11.8 Å². The number of amides is 1. The van der Waals surface area contributed by atoms with Crippen molar-refractivity contribution in [3.63, 3.8) is 0 Å². The van der Waals surface area contributed by atoms with Gasteiger partial charge in [-0.1, -0.05) is 41.9 Å². The third-order valence-corrected chi connectivity index (χ3v) is 3.72. The van der Waals surface area contributed by atoms with Gasteiger partial charge in [0, 0.05) is 16.6 Å². The van der Waals surface area contributed by atoms with Gasteiger partial charge in [0.1, 0.15) is 0 Å². The molecule has 3 heteroatoms. The SMILES string of the molecule is O=C(Nc1ccccc1)C1C[C@H]1c1ccc(Cl)cc1. The summed E-state index contributed by atoms with van der Waals surface area (Å²) in [6, 6.07) is 17.3. The summed E-state index contributed by atoms with van der Waals surface area (Å²) < 4.78 is 0. The van der Waals surface area contributed by atoms with Crippen LogP contribution in [-0.2, 0) is 4.79 Å². The third kappa shape index (κ3) is 2.79. The molecule has 1 fully saturated rings. The molecule has 1 aliphatic rings. The number of carbonyl (C=O) groups is 1. The van der Waals surface area contributed by atoms with E-state index >= 15 is 0 Å². The second kappa shape index (κ2) is 5.06. The lowest BCUT2D eigenvalue weighted by atomic mass is 10.1. The van der Waals surface area contributed by atoms with Crippen molar-refractivity contribution >= 4 is 23.2 Å². The first-order chi connectivity index (χ1) is 9.24. The van der Waals surface area contributed by atoms with Gasteiger partial charge < -0.3 is 5.32 Å². The fraction of sp³-hybridized carbons (Fsp3) is 0.188. The van der Waals surface area contributed by atoms with Gasteiger partial charge in [0.15, 0.2) is 0 Å². The van der Waals surface area contributed by atoms with Gasteiger partial charge >= 0.3 is 0 Å². The fourth-order valence-corrected chi connectivity index (χ4v) is 2.45. The molecule has 2 aromatic carbocycles. The van der Waals surface area contributed by atoms with Crippen molar-refractivity contribution in [2.45, 2.75) is 12.3 Å². The van der Waals surface area contributed by atoms with Crippen LogP contribution in [0, 0.1) is 5.92 Å². The van der Waals surface area contributed by atoms with E-state index in [1.54, 1.807) is 0 Å². The zero-order valence-electron chi connectivity index (χ0n) is 10.3. The summed E-state index contributed by atoms with van der Waals surface area (Å²) in [5.74, 6) is 0.522. The fourth-order valence-electron chi connectivity index (χ4n) is 2.32. The van der Waals surface area contributed by atoms with E-state index in [0.717, 1.165) is 17.1 Å². The van der Waals surface area contributed by atoms with Gasteiger partial charge in [-0.3, -0.25) is 4.79 Å². The Balaban J connectivity index is 1.63. The molecule has 1 saturated carbocycles. The number of benzene rings is 2. The lowest BCUT2D eigenvalue weighted by Crippen LogP contribution is -2.14. The van der Waals surface area contributed by atoms with Crippen molar-refractivity contribution in [1.29, 1.82) is 0 Å². The summed E-state index contributed by atoms with van der Waals surface area (Å²) in [4.78, 5) is 12.1. The van der Waals surface area contributed by atoms with Crippen molar-refractivity contribution in [3.8, 4) is 0 Å². The summed E-state index contributed by atoms with van der Waals surface area (Å²) >= 11 is 5.86. The smallest absolute Gasteiger partial charge is 0.228 e. The van der Waals surface area contributed by atoms with E-state index in [9.17, 15) is 4.79 Å². The molecule has 2 aromatic rings. The highest BCUT2D eigenvalue weighted by atomic mass is 35.5. The average Bonchev–Trinajstić information content (AvgIpc) is 3.21. The first kappa shape index (κ1) is 12.2. The highest BCUT2D eigenvalue weighted by molar-refractivity contribution is 6.30. The molecule has 1 unspecified atom stereocenters. The molecule has 1 N–H and O–H groups in total. The molecule has 0 radical (unpaired) electrons.